The summed E-state index contributed by atoms with van der Waals surface area (Å²) in [6, 6.07) is 6.12. The van der Waals surface area contributed by atoms with Crippen molar-refractivity contribution in [3.8, 4) is 0 Å². The number of morpholine rings is 1. The minimum absolute atomic E-state index is 0.136. The van der Waals surface area contributed by atoms with Crippen molar-refractivity contribution in [3.05, 3.63) is 24.3 Å². The highest BCUT2D eigenvalue weighted by molar-refractivity contribution is 7.92. The minimum atomic E-state index is -3.62. The zero-order valence-corrected chi connectivity index (χ0v) is 16.1. The van der Waals surface area contributed by atoms with Crippen molar-refractivity contribution in [2.45, 2.75) is 43.8 Å². The van der Waals surface area contributed by atoms with Crippen LogP contribution in [0, 0.1) is 0 Å². The third-order valence-electron chi connectivity index (χ3n) is 4.50. The number of nitrogens with zero attached hydrogens (tertiary/aromatic N) is 2. The molecule has 0 radical (unpaired) electrons. The van der Waals surface area contributed by atoms with Crippen LogP contribution in [0.15, 0.2) is 29.2 Å². The summed E-state index contributed by atoms with van der Waals surface area (Å²) in [5, 5.41) is 0. The third kappa shape index (κ3) is 3.84. The van der Waals surface area contributed by atoms with Crippen LogP contribution in [-0.4, -0.2) is 58.7 Å². The molecule has 0 amide bonds. The molecule has 2 aliphatic heterocycles. The maximum atomic E-state index is 12.8. The van der Waals surface area contributed by atoms with E-state index in [-0.39, 0.29) is 22.9 Å². The molecule has 0 unspecified atom stereocenters. The summed E-state index contributed by atoms with van der Waals surface area (Å²) in [4.78, 5) is 0.173. The Morgan fingerprint density at radius 1 is 1.04 bits per heavy atom. The third-order valence-corrected chi connectivity index (χ3v) is 8.21. The van der Waals surface area contributed by atoms with Crippen molar-refractivity contribution >= 4 is 25.7 Å². The summed E-state index contributed by atoms with van der Waals surface area (Å²) in [6.45, 7) is 4.77. The summed E-state index contributed by atoms with van der Waals surface area (Å²) in [5.74, 6) is 0.136. The molecule has 0 N–H and O–H groups in total. The molecule has 2 fully saturated rings. The van der Waals surface area contributed by atoms with Crippen LogP contribution in [0.2, 0.25) is 0 Å². The molecule has 0 bridgehead atoms. The summed E-state index contributed by atoms with van der Waals surface area (Å²) < 4.78 is 58.4. The van der Waals surface area contributed by atoms with Crippen molar-refractivity contribution < 1.29 is 21.6 Å². The fourth-order valence-corrected chi connectivity index (χ4v) is 6.57. The van der Waals surface area contributed by atoms with E-state index < -0.39 is 20.0 Å². The highest BCUT2D eigenvalue weighted by Crippen LogP contribution is 2.27. The zero-order chi connectivity index (χ0) is 18.2. The standard InChI is InChI=1S/C16H24N2O5S2/c1-13-11-17(12-14(2)23-13)25(21,22)16-7-5-15(6-8-16)18-9-3-4-10-24(18,19)20/h5-8,13-14H,3-4,9-12H2,1-2H3/t13-,14-/m0/s1. The molecule has 2 heterocycles. The molecule has 0 aliphatic carbocycles. The van der Waals surface area contributed by atoms with Crippen molar-refractivity contribution in [2.24, 2.45) is 0 Å². The van der Waals surface area contributed by atoms with Gasteiger partial charge in [0.05, 0.1) is 28.5 Å². The first-order valence-electron chi connectivity index (χ1n) is 8.46. The SMILES string of the molecule is C[C@H]1CN(S(=O)(=O)c2ccc(N3CCCCS3(=O)=O)cc2)C[C@H](C)O1. The number of rotatable bonds is 3. The van der Waals surface area contributed by atoms with Crippen LogP contribution in [0.5, 0.6) is 0 Å². The lowest BCUT2D eigenvalue weighted by molar-refractivity contribution is -0.0440. The average Bonchev–Trinajstić information content (AvgIpc) is 2.54. The molecule has 0 spiro atoms. The van der Waals surface area contributed by atoms with E-state index in [9.17, 15) is 16.8 Å². The molecule has 3 rings (SSSR count). The topological polar surface area (TPSA) is 84.0 Å². The Hall–Kier alpha value is -1.16. The minimum Gasteiger partial charge on any atom is -0.373 e. The van der Waals surface area contributed by atoms with E-state index in [4.69, 9.17) is 4.74 Å². The Bertz CT molecular complexity index is 811. The van der Waals surface area contributed by atoms with E-state index in [1.165, 1.54) is 20.7 Å². The van der Waals surface area contributed by atoms with Crippen LogP contribution in [0.3, 0.4) is 0 Å². The average molecular weight is 389 g/mol. The van der Waals surface area contributed by atoms with Crippen molar-refractivity contribution in [1.82, 2.24) is 4.31 Å². The first-order valence-corrected chi connectivity index (χ1v) is 11.5. The molecule has 2 saturated heterocycles. The Morgan fingerprint density at radius 3 is 2.20 bits per heavy atom. The smallest absolute Gasteiger partial charge is 0.243 e. The Morgan fingerprint density at radius 2 is 1.64 bits per heavy atom. The Kier molecular flexibility index (Phi) is 5.11. The van der Waals surface area contributed by atoms with Gasteiger partial charge in [0.1, 0.15) is 0 Å². The Balaban J connectivity index is 1.84. The van der Waals surface area contributed by atoms with Gasteiger partial charge in [-0.3, -0.25) is 4.31 Å². The largest absolute Gasteiger partial charge is 0.373 e. The van der Waals surface area contributed by atoms with E-state index >= 15 is 0 Å². The highest BCUT2D eigenvalue weighted by atomic mass is 32.2. The zero-order valence-electron chi connectivity index (χ0n) is 14.5. The van der Waals surface area contributed by atoms with Gasteiger partial charge in [-0.15, -0.1) is 0 Å². The molecule has 25 heavy (non-hydrogen) atoms. The molecule has 0 aromatic heterocycles. The summed E-state index contributed by atoms with van der Waals surface area (Å²) >= 11 is 0. The number of benzene rings is 1. The second kappa shape index (κ2) is 6.86. The van der Waals surface area contributed by atoms with Crippen molar-refractivity contribution in [1.29, 1.82) is 0 Å². The quantitative estimate of drug-likeness (QED) is 0.782. The summed E-state index contributed by atoms with van der Waals surface area (Å²) in [7, 11) is -6.92. The van der Waals surface area contributed by atoms with Crippen LogP contribution in [-0.2, 0) is 24.8 Å². The maximum absolute atomic E-state index is 12.8. The lowest BCUT2D eigenvalue weighted by Gasteiger charge is -2.34. The summed E-state index contributed by atoms with van der Waals surface area (Å²) in [6.07, 6.45) is 1.16. The normalized spacial score (nSPS) is 28.0. The van der Waals surface area contributed by atoms with Crippen LogP contribution in [0.25, 0.3) is 0 Å². The monoisotopic (exact) mass is 388 g/mol. The molecule has 7 nitrogen and oxygen atoms in total. The first-order chi connectivity index (χ1) is 11.7. The van der Waals surface area contributed by atoms with E-state index in [1.807, 2.05) is 13.8 Å². The number of ether oxygens (including phenoxy) is 1. The molecule has 0 saturated carbocycles. The van der Waals surface area contributed by atoms with E-state index in [2.05, 4.69) is 0 Å². The van der Waals surface area contributed by atoms with Gasteiger partial charge in [0.25, 0.3) is 0 Å². The first kappa shape index (κ1) is 18.6. The van der Waals surface area contributed by atoms with E-state index in [1.54, 1.807) is 12.1 Å². The van der Waals surface area contributed by atoms with Crippen LogP contribution < -0.4 is 4.31 Å². The van der Waals surface area contributed by atoms with Crippen LogP contribution in [0.1, 0.15) is 26.7 Å². The predicted octanol–water partition coefficient (Wildman–Crippen LogP) is 1.41. The molecular formula is C16H24N2O5S2. The van der Waals surface area contributed by atoms with Gasteiger partial charge < -0.3 is 4.74 Å². The van der Waals surface area contributed by atoms with Crippen molar-refractivity contribution in [2.75, 3.05) is 29.7 Å². The van der Waals surface area contributed by atoms with Gasteiger partial charge in [0, 0.05) is 19.6 Å². The van der Waals surface area contributed by atoms with Crippen molar-refractivity contribution in [3.63, 3.8) is 0 Å². The van der Waals surface area contributed by atoms with Gasteiger partial charge >= 0.3 is 0 Å². The van der Waals surface area contributed by atoms with Gasteiger partial charge in [-0.05, 0) is 51.0 Å². The van der Waals surface area contributed by atoms with Gasteiger partial charge in [-0.1, -0.05) is 0 Å². The lowest BCUT2D eigenvalue weighted by atomic mass is 10.3. The van der Waals surface area contributed by atoms with Gasteiger partial charge in [-0.2, -0.15) is 4.31 Å². The number of sulfonamides is 2. The highest BCUT2D eigenvalue weighted by Gasteiger charge is 2.32. The van der Waals surface area contributed by atoms with E-state index in [0.717, 1.165) is 6.42 Å². The van der Waals surface area contributed by atoms with Crippen LogP contribution >= 0.6 is 0 Å². The fourth-order valence-electron chi connectivity index (χ4n) is 3.34. The van der Waals surface area contributed by atoms with E-state index in [0.29, 0.717) is 31.7 Å². The molecule has 2 aliphatic rings. The van der Waals surface area contributed by atoms with Crippen LogP contribution in [0.4, 0.5) is 5.69 Å². The molecule has 1 aromatic rings. The number of hydrogen-bond donors (Lipinski definition) is 0. The number of hydrogen-bond acceptors (Lipinski definition) is 5. The molecule has 9 heteroatoms. The number of anilines is 1. The van der Waals surface area contributed by atoms with Gasteiger partial charge in [-0.25, -0.2) is 16.8 Å². The predicted molar refractivity (Wildman–Crippen MR) is 95.6 cm³/mol. The maximum Gasteiger partial charge on any atom is 0.243 e. The van der Waals surface area contributed by atoms with Gasteiger partial charge in [0.15, 0.2) is 0 Å². The Labute approximate surface area is 149 Å². The molecule has 140 valence electrons. The second-order valence-electron chi connectivity index (χ2n) is 6.67. The lowest BCUT2D eigenvalue weighted by Crippen LogP contribution is -2.48. The fraction of sp³-hybridized carbons (Fsp3) is 0.625. The van der Waals surface area contributed by atoms with Gasteiger partial charge in [0.2, 0.25) is 20.0 Å². The second-order valence-corrected chi connectivity index (χ2v) is 10.6. The molecule has 2 atom stereocenters. The molecular weight excluding hydrogens is 364 g/mol. The molecule has 1 aromatic carbocycles. The summed E-state index contributed by atoms with van der Waals surface area (Å²) in [5.41, 5.74) is 0.516.